The fourth-order valence-electron chi connectivity index (χ4n) is 2.11. The Morgan fingerprint density at radius 3 is 2.00 bits per heavy atom. The van der Waals surface area contributed by atoms with Gasteiger partial charge in [0.2, 0.25) is 0 Å². The predicted molar refractivity (Wildman–Crippen MR) is 59.3 cm³/mol. The maximum atomic E-state index is 2.60. The molecular weight excluding hydrogens is 251 g/mol. The minimum atomic E-state index is -1.72. The van der Waals surface area contributed by atoms with Crippen LogP contribution in [0.4, 0.5) is 0 Å². The SMILES string of the molecule is CC1=C(C)[CH2][Sn]([CH3])([CH3])[C](C)(C)C1. The van der Waals surface area contributed by atoms with Gasteiger partial charge in [0.25, 0.3) is 0 Å². The van der Waals surface area contributed by atoms with Gasteiger partial charge in [-0.3, -0.25) is 0 Å². The Kier molecular flexibility index (Phi) is 2.69. The second kappa shape index (κ2) is 3.04. The van der Waals surface area contributed by atoms with Crippen LogP contribution in [-0.4, -0.2) is 18.4 Å². The Morgan fingerprint density at radius 2 is 1.58 bits per heavy atom. The van der Waals surface area contributed by atoms with Gasteiger partial charge in [0.1, 0.15) is 0 Å². The van der Waals surface area contributed by atoms with Gasteiger partial charge < -0.3 is 0 Å². The first-order valence-electron chi connectivity index (χ1n) is 4.91. The average Bonchev–Trinajstić information content (AvgIpc) is 1.82. The zero-order chi connectivity index (χ0) is 9.57. The molecule has 0 spiro atoms. The molecule has 0 atom stereocenters. The first kappa shape index (κ1) is 10.6. The third-order valence-corrected chi connectivity index (χ3v) is 19.0. The van der Waals surface area contributed by atoms with E-state index < -0.39 is 18.4 Å². The van der Waals surface area contributed by atoms with Crippen LogP contribution < -0.4 is 0 Å². The summed E-state index contributed by atoms with van der Waals surface area (Å²) in [7, 11) is 0. The quantitative estimate of drug-likeness (QED) is 0.458. The predicted octanol–water partition coefficient (Wildman–Crippen LogP) is 4.22. The van der Waals surface area contributed by atoms with E-state index in [1.165, 1.54) is 10.9 Å². The van der Waals surface area contributed by atoms with Crippen LogP contribution in [0.25, 0.3) is 0 Å². The second-order valence-electron chi connectivity index (χ2n) is 5.68. The van der Waals surface area contributed by atoms with Crippen LogP contribution in [0.3, 0.4) is 0 Å². The molecule has 0 unspecified atom stereocenters. The van der Waals surface area contributed by atoms with Crippen LogP contribution in [0, 0.1) is 0 Å². The molecule has 0 N–H and O–H groups in total. The number of rotatable bonds is 0. The normalized spacial score (nSPS) is 27.5. The summed E-state index contributed by atoms with van der Waals surface area (Å²) >= 11 is -1.72. The maximum absolute atomic E-state index is 2.60. The summed E-state index contributed by atoms with van der Waals surface area (Å²) < 4.78 is 2.16. The molecule has 1 rings (SSSR count). The molecular formula is C11H22Sn. The average molecular weight is 273 g/mol. The molecule has 1 aliphatic heterocycles. The van der Waals surface area contributed by atoms with Gasteiger partial charge in [0.15, 0.2) is 0 Å². The number of allylic oxidation sites excluding steroid dienone is 2. The van der Waals surface area contributed by atoms with Crippen molar-refractivity contribution in [2.24, 2.45) is 0 Å². The Labute approximate surface area is 81.3 Å². The zero-order valence-electron chi connectivity index (χ0n) is 9.41. The van der Waals surface area contributed by atoms with Crippen molar-refractivity contribution in [2.45, 2.75) is 51.9 Å². The number of hydrogen-bond donors (Lipinski definition) is 0. The monoisotopic (exact) mass is 274 g/mol. The fourth-order valence-corrected chi connectivity index (χ4v) is 10.2. The zero-order valence-corrected chi connectivity index (χ0v) is 12.3. The summed E-state index contributed by atoms with van der Waals surface area (Å²) in [5.74, 6) is 0. The molecule has 0 fully saturated rings. The molecule has 0 amide bonds. The van der Waals surface area contributed by atoms with Crippen molar-refractivity contribution in [2.75, 3.05) is 0 Å². The standard InChI is InChI=1S/C9H16.2CH3.Sn/c1-7(2)6-9(5)8(3)4;;;/h3,6H2,1-2,4-5H3;2*1H3;. The van der Waals surface area contributed by atoms with Crippen molar-refractivity contribution in [3.05, 3.63) is 11.1 Å². The van der Waals surface area contributed by atoms with Gasteiger partial charge in [-0.05, 0) is 0 Å². The summed E-state index contributed by atoms with van der Waals surface area (Å²) in [6, 6.07) is 0. The van der Waals surface area contributed by atoms with E-state index in [0.29, 0.717) is 3.43 Å². The molecule has 0 aliphatic carbocycles. The van der Waals surface area contributed by atoms with Gasteiger partial charge >= 0.3 is 81.4 Å². The van der Waals surface area contributed by atoms with Crippen molar-refractivity contribution in [3.8, 4) is 0 Å². The van der Waals surface area contributed by atoms with Gasteiger partial charge in [0, 0.05) is 0 Å². The summed E-state index contributed by atoms with van der Waals surface area (Å²) in [6.07, 6.45) is 1.36. The van der Waals surface area contributed by atoms with Gasteiger partial charge in [-0.2, -0.15) is 0 Å². The second-order valence-corrected chi connectivity index (χ2v) is 21.3. The molecule has 0 saturated carbocycles. The van der Waals surface area contributed by atoms with E-state index in [2.05, 4.69) is 37.6 Å². The third kappa shape index (κ3) is 1.73. The summed E-state index contributed by atoms with van der Waals surface area (Å²) in [5.41, 5.74) is 3.37. The van der Waals surface area contributed by atoms with Crippen molar-refractivity contribution in [1.82, 2.24) is 0 Å². The van der Waals surface area contributed by atoms with E-state index in [4.69, 9.17) is 0 Å². The molecule has 0 aromatic heterocycles. The van der Waals surface area contributed by atoms with Crippen molar-refractivity contribution in [1.29, 1.82) is 0 Å². The molecule has 0 saturated heterocycles. The van der Waals surface area contributed by atoms with E-state index >= 15 is 0 Å². The molecule has 70 valence electrons. The van der Waals surface area contributed by atoms with Gasteiger partial charge in [-0.1, -0.05) is 0 Å². The summed E-state index contributed by atoms with van der Waals surface area (Å²) in [6.45, 7) is 9.62. The Hall–Kier alpha value is 0.539. The molecule has 12 heavy (non-hydrogen) atoms. The molecule has 1 aliphatic rings. The van der Waals surface area contributed by atoms with Gasteiger partial charge in [-0.15, -0.1) is 0 Å². The van der Waals surface area contributed by atoms with Crippen LogP contribution in [-0.2, 0) is 0 Å². The Morgan fingerprint density at radius 1 is 1.08 bits per heavy atom. The van der Waals surface area contributed by atoms with Gasteiger partial charge in [-0.25, -0.2) is 0 Å². The first-order valence-corrected chi connectivity index (χ1v) is 14.1. The molecule has 0 radical (unpaired) electrons. The van der Waals surface area contributed by atoms with Crippen molar-refractivity contribution < 1.29 is 0 Å². The number of hydrogen-bond acceptors (Lipinski definition) is 0. The molecule has 0 bridgehead atoms. The minimum absolute atomic E-state index is 0.679. The molecule has 0 aromatic rings. The fraction of sp³-hybridized carbons (Fsp3) is 0.818. The van der Waals surface area contributed by atoms with E-state index in [0.717, 1.165) is 0 Å². The van der Waals surface area contributed by atoms with Crippen LogP contribution >= 0.6 is 0 Å². The van der Waals surface area contributed by atoms with E-state index in [9.17, 15) is 0 Å². The molecule has 0 aromatic carbocycles. The topological polar surface area (TPSA) is 0 Å². The van der Waals surface area contributed by atoms with Crippen LogP contribution in [0.15, 0.2) is 11.1 Å². The van der Waals surface area contributed by atoms with Crippen LogP contribution in [0.2, 0.25) is 17.7 Å². The molecule has 1 heterocycles. The van der Waals surface area contributed by atoms with Crippen LogP contribution in [0.5, 0.6) is 0 Å². The molecule has 1 heteroatoms. The van der Waals surface area contributed by atoms with E-state index in [1.54, 1.807) is 11.1 Å². The van der Waals surface area contributed by atoms with E-state index in [1.807, 2.05) is 0 Å². The third-order valence-electron chi connectivity index (χ3n) is 3.97. The first-order chi connectivity index (χ1) is 5.26. The Balaban J connectivity index is 3.00. The van der Waals surface area contributed by atoms with Crippen molar-refractivity contribution in [3.63, 3.8) is 0 Å². The van der Waals surface area contributed by atoms with Crippen molar-refractivity contribution >= 4 is 18.4 Å². The van der Waals surface area contributed by atoms with Crippen LogP contribution in [0.1, 0.15) is 34.1 Å². The summed E-state index contributed by atoms with van der Waals surface area (Å²) in [5, 5.41) is 0. The summed E-state index contributed by atoms with van der Waals surface area (Å²) in [4.78, 5) is 5.20. The van der Waals surface area contributed by atoms with Gasteiger partial charge in [0.05, 0.1) is 0 Å². The Bertz CT molecular complexity index is 197. The van der Waals surface area contributed by atoms with E-state index in [-0.39, 0.29) is 0 Å². The molecule has 0 nitrogen and oxygen atoms in total.